The molecule has 1 saturated heterocycles. The quantitative estimate of drug-likeness (QED) is 0.275. The van der Waals surface area contributed by atoms with E-state index in [-0.39, 0.29) is 5.56 Å². The van der Waals surface area contributed by atoms with E-state index in [4.69, 9.17) is 0 Å². The largest absolute Gasteiger partial charge is 0.353 e. The van der Waals surface area contributed by atoms with E-state index in [9.17, 15) is 13.6 Å². The van der Waals surface area contributed by atoms with Crippen molar-refractivity contribution in [1.82, 2.24) is 29.2 Å². The number of H-pyrrole nitrogens is 1. The van der Waals surface area contributed by atoms with E-state index in [1.807, 2.05) is 12.1 Å². The molecule has 8 rings (SSSR count). The lowest BCUT2D eigenvalue weighted by Crippen LogP contribution is -2.46. The summed E-state index contributed by atoms with van der Waals surface area (Å²) < 4.78 is 30.2. The van der Waals surface area contributed by atoms with Gasteiger partial charge in [-0.25, -0.2) is 8.78 Å². The molecule has 1 aliphatic heterocycles. The van der Waals surface area contributed by atoms with Crippen molar-refractivity contribution < 1.29 is 8.78 Å². The number of pyridine rings is 1. The van der Waals surface area contributed by atoms with Crippen molar-refractivity contribution in [3.8, 4) is 5.69 Å². The van der Waals surface area contributed by atoms with Crippen LogP contribution in [0.2, 0.25) is 0 Å². The summed E-state index contributed by atoms with van der Waals surface area (Å²) in [5.41, 5.74) is 4.60. The minimum Gasteiger partial charge on any atom is -0.353 e. The number of fused-ring (bicyclic) bond motifs is 1. The summed E-state index contributed by atoms with van der Waals surface area (Å²) in [7, 11) is 0. The number of rotatable bonds is 8. The summed E-state index contributed by atoms with van der Waals surface area (Å²) in [5.74, 6) is 1.79. The first-order valence-electron chi connectivity index (χ1n) is 15.6. The second kappa shape index (κ2) is 9.59. The van der Waals surface area contributed by atoms with E-state index in [0.717, 1.165) is 67.6 Å². The predicted octanol–water partition coefficient (Wildman–Crippen LogP) is 6.14. The van der Waals surface area contributed by atoms with Crippen LogP contribution in [0.4, 0.5) is 8.78 Å². The van der Waals surface area contributed by atoms with Gasteiger partial charge in [-0.1, -0.05) is 19.1 Å². The molecule has 1 aromatic carbocycles. The first-order chi connectivity index (χ1) is 20.3. The molecule has 0 unspecified atom stereocenters. The molecule has 1 N–H and O–H groups in total. The van der Waals surface area contributed by atoms with Crippen LogP contribution in [0.25, 0.3) is 16.6 Å². The lowest BCUT2D eigenvalue weighted by molar-refractivity contribution is 0.111. The molecule has 220 valence electrons. The van der Waals surface area contributed by atoms with Crippen molar-refractivity contribution >= 4 is 10.9 Å². The van der Waals surface area contributed by atoms with Crippen molar-refractivity contribution in [1.29, 1.82) is 0 Å². The van der Waals surface area contributed by atoms with Gasteiger partial charge in [0.25, 0.3) is 12.0 Å². The molecule has 1 spiro atoms. The van der Waals surface area contributed by atoms with Gasteiger partial charge in [0.2, 0.25) is 0 Å². The highest BCUT2D eigenvalue weighted by molar-refractivity contribution is 5.84. The number of halogens is 2. The highest BCUT2D eigenvalue weighted by Crippen LogP contribution is 2.70. The molecule has 3 aliphatic carbocycles. The molecule has 1 atom stereocenters. The van der Waals surface area contributed by atoms with E-state index >= 15 is 0 Å². The Balaban J connectivity index is 1.19. The standard InChI is InChI=1S/C33H38F2N6O/c1-21-4-3-11-39(14-21)15-24-13-26-27(22-7-8-22)16-41(30(42)29(26)37-24)25-6-2-5-23(12-25)33(18-32(19-33)9-10-32)31-38-36-20-40(31)17-28(34)35/h2,5-6,12-13,16,20-22,28,37H,3-4,7-11,14-15,17-19H2,1H3/t21-/m0/s1. The number of likely N-dealkylation sites (tertiary alicyclic amines) is 1. The van der Waals surface area contributed by atoms with Crippen LogP contribution in [0.5, 0.6) is 0 Å². The number of hydrogen-bond donors (Lipinski definition) is 1. The van der Waals surface area contributed by atoms with E-state index in [1.54, 1.807) is 4.57 Å². The van der Waals surface area contributed by atoms with Gasteiger partial charge in [-0.2, -0.15) is 0 Å². The predicted molar refractivity (Wildman–Crippen MR) is 157 cm³/mol. The fourth-order valence-corrected chi connectivity index (χ4v) is 8.07. The van der Waals surface area contributed by atoms with Crippen molar-refractivity contribution in [3.05, 3.63) is 75.9 Å². The van der Waals surface area contributed by atoms with Gasteiger partial charge in [-0.15, -0.1) is 10.2 Å². The minimum atomic E-state index is -2.48. The number of piperidine rings is 1. The maximum Gasteiger partial charge on any atom is 0.279 e. The SMILES string of the molecule is C[C@H]1CCCN(Cc2cc3c(C4CC4)cn(-c4cccc(C5(c6nncn6CC(F)F)CC6(CC6)C5)c4)c(=O)c3[nH]2)C1. The summed E-state index contributed by atoms with van der Waals surface area (Å²) in [6, 6.07) is 10.3. The normalized spacial score (nSPS) is 23.1. The summed E-state index contributed by atoms with van der Waals surface area (Å²) in [4.78, 5) is 20.1. The molecule has 4 fully saturated rings. The molecular formula is C33H38F2N6O. The smallest absolute Gasteiger partial charge is 0.279 e. The van der Waals surface area contributed by atoms with Crippen LogP contribution in [0.1, 0.15) is 86.9 Å². The molecule has 4 heterocycles. The van der Waals surface area contributed by atoms with Gasteiger partial charge in [0, 0.05) is 36.1 Å². The second-order valence-corrected chi connectivity index (χ2v) is 13.8. The van der Waals surface area contributed by atoms with Crippen LogP contribution in [0, 0.1) is 11.3 Å². The molecule has 3 saturated carbocycles. The van der Waals surface area contributed by atoms with Crippen molar-refractivity contribution in [2.75, 3.05) is 13.1 Å². The van der Waals surface area contributed by atoms with Gasteiger partial charge >= 0.3 is 0 Å². The Labute approximate surface area is 243 Å². The summed E-state index contributed by atoms with van der Waals surface area (Å²) in [5, 5.41) is 9.50. The number of benzene rings is 1. The van der Waals surface area contributed by atoms with Gasteiger partial charge in [-0.3, -0.25) is 14.3 Å². The fraction of sp³-hybridized carbons (Fsp3) is 0.545. The number of aromatic amines is 1. The van der Waals surface area contributed by atoms with Crippen LogP contribution in [-0.2, 0) is 18.5 Å². The highest BCUT2D eigenvalue weighted by atomic mass is 19.3. The van der Waals surface area contributed by atoms with Gasteiger partial charge in [0.05, 0.1) is 12.0 Å². The summed E-state index contributed by atoms with van der Waals surface area (Å²) >= 11 is 0. The Kier molecular flexibility index (Phi) is 6.01. The molecule has 0 radical (unpaired) electrons. The Bertz CT molecular complexity index is 1700. The van der Waals surface area contributed by atoms with Crippen LogP contribution in [0.3, 0.4) is 0 Å². The zero-order chi connectivity index (χ0) is 28.6. The van der Waals surface area contributed by atoms with Crippen LogP contribution >= 0.6 is 0 Å². The molecule has 4 aromatic rings. The third-order valence-corrected chi connectivity index (χ3v) is 10.4. The molecule has 4 aliphatic rings. The number of nitrogens with one attached hydrogen (secondary N) is 1. The van der Waals surface area contributed by atoms with Crippen LogP contribution < -0.4 is 5.56 Å². The number of hydrogen-bond acceptors (Lipinski definition) is 4. The molecular weight excluding hydrogens is 534 g/mol. The fourth-order valence-electron chi connectivity index (χ4n) is 8.07. The van der Waals surface area contributed by atoms with Crippen molar-refractivity contribution in [2.24, 2.45) is 11.3 Å². The van der Waals surface area contributed by atoms with Crippen molar-refractivity contribution in [3.63, 3.8) is 0 Å². The van der Waals surface area contributed by atoms with Crippen LogP contribution in [0.15, 0.2) is 47.7 Å². The zero-order valence-corrected chi connectivity index (χ0v) is 24.2. The minimum absolute atomic E-state index is 0.0491. The number of aromatic nitrogens is 5. The molecule has 3 aromatic heterocycles. The Morgan fingerprint density at radius 3 is 2.71 bits per heavy atom. The molecule has 0 amide bonds. The molecule has 0 bridgehead atoms. The van der Waals surface area contributed by atoms with E-state index in [1.165, 1.54) is 42.1 Å². The van der Waals surface area contributed by atoms with Gasteiger partial charge < -0.3 is 9.55 Å². The van der Waals surface area contributed by atoms with Gasteiger partial charge in [0.15, 0.2) is 0 Å². The Morgan fingerprint density at radius 1 is 1.14 bits per heavy atom. The molecule has 42 heavy (non-hydrogen) atoms. The zero-order valence-electron chi connectivity index (χ0n) is 24.2. The molecule has 7 nitrogen and oxygen atoms in total. The lowest BCUT2D eigenvalue weighted by Gasteiger charge is -2.48. The van der Waals surface area contributed by atoms with Gasteiger partial charge in [-0.05, 0) is 104 Å². The van der Waals surface area contributed by atoms with E-state index < -0.39 is 18.4 Å². The average Bonchev–Trinajstić information content (AvgIpc) is 3.86. The molecule has 9 heteroatoms. The first-order valence-corrected chi connectivity index (χ1v) is 15.6. The van der Waals surface area contributed by atoms with Gasteiger partial charge in [0.1, 0.15) is 17.7 Å². The average molecular weight is 573 g/mol. The van der Waals surface area contributed by atoms with E-state index in [2.05, 4.69) is 51.4 Å². The topological polar surface area (TPSA) is 71.7 Å². The number of alkyl halides is 2. The second-order valence-electron chi connectivity index (χ2n) is 13.8. The third-order valence-electron chi connectivity index (χ3n) is 10.4. The monoisotopic (exact) mass is 572 g/mol. The maximum atomic E-state index is 14.1. The third kappa shape index (κ3) is 4.43. The van der Waals surface area contributed by atoms with Crippen LogP contribution in [-0.4, -0.2) is 48.7 Å². The van der Waals surface area contributed by atoms with Crippen molar-refractivity contribution in [2.45, 2.75) is 89.1 Å². The number of nitrogens with zero attached hydrogens (tertiary/aromatic N) is 5. The van der Waals surface area contributed by atoms with E-state index in [0.29, 0.717) is 28.6 Å². The summed E-state index contributed by atoms with van der Waals surface area (Å²) in [6.07, 6.45) is 9.89. The maximum absolute atomic E-state index is 14.1. The first kappa shape index (κ1) is 26.3. The lowest BCUT2D eigenvalue weighted by atomic mass is 9.56. The Morgan fingerprint density at radius 2 is 1.98 bits per heavy atom. The summed E-state index contributed by atoms with van der Waals surface area (Å²) in [6.45, 7) is 4.93. The highest BCUT2D eigenvalue weighted by Gasteiger charge is 2.63. The Hall–Kier alpha value is -3.33.